The molecule has 3 rings (SSSR count). The number of hydrogen-bond donors (Lipinski definition) is 2. The lowest BCUT2D eigenvalue weighted by Gasteiger charge is -2.06. The van der Waals surface area contributed by atoms with E-state index in [-0.39, 0.29) is 11.3 Å². The smallest absolute Gasteiger partial charge is 0.275 e. The summed E-state index contributed by atoms with van der Waals surface area (Å²) in [5, 5.41) is 2.61. The summed E-state index contributed by atoms with van der Waals surface area (Å²) >= 11 is 0. The fraction of sp³-hybridized carbons (Fsp3) is 0.111. The maximum Gasteiger partial charge on any atom is 0.275 e. The number of aromatic nitrogens is 3. The highest BCUT2D eigenvalue weighted by Crippen LogP contribution is 2.13. The van der Waals surface area contributed by atoms with Gasteiger partial charge in [-0.2, -0.15) is 0 Å². The summed E-state index contributed by atoms with van der Waals surface area (Å²) in [5.74, 6) is 1.06. The van der Waals surface area contributed by atoms with E-state index in [4.69, 9.17) is 4.74 Å². The summed E-state index contributed by atoms with van der Waals surface area (Å²) in [6.45, 7) is 0. The van der Waals surface area contributed by atoms with Gasteiger partial charge in [0.15, 0.2) is 0 Å². The van der Waals surface area contributed by atoms with Crippen molar-refractivity contribution < 1.29 is 9.53 Å². The zero-order valence-corrected chi connectivity index (χ0v) is 13.5. The second kappa shape index (κ2) is 7.39. The number of H-pyrrole nitrogens is 1. The van der Waals surface area contributed by atoms with Crippen LogP contribution in [0, 0.1) is 0 Å². The third-order valence-corrected chi connectivity index (χ3v) is 3.46. The minimum absolute atomic E-state index is 0.0397. The van der Waals surface area contributed by atoms with Crippen LogP contribution >= 0.6 is 0 Å². The number of pyridine rings is 1. The number of carbonyl (C=O) groups excluding carboxylic acids is 1. The van der Waals surface area contributed by atoms with Crippen LogP contribution in [0.4, 0.5) is 5.82 Å². The van der Waals surface area contributed by atoms with E-state index in [0.29, 0.717) is 18.1 Å². The van der Waals surface area contributed by atoms with Crippen LogP contribution < -0.4 is 15.6 Å². The molecule has 1 amide bonds. The highest BCUT2D eigenvalue weighted by atomic mass is 16.5. The van der Waals surface area contributed by atoms with Gasteiger partial charge in [-0.1, -0.05) is 18.2 Å². The van der Waals surface area contributed by atoms with Crippen LogP contribution in [0.15, 0.2) is 59.5 Å². The number of methoxy groups -OCH3 is 1. The van der Waals surface area contributed by atoms with Gasteiger partial charge in [0, 0.05) is 18.7 Å². The monoisotopic (exact) mass is 336 g/mol. The Labute approximate surface area is 143 Å². The number of anilines is 1. The molecule has 0 radical (unpaired) electrons. The molecule has 126 valence electrons. The van der Waals surface area contributed by atoms with Crippen molar-refractivity contribution in [3.8, 4) is 5.75 Å². The first-order valence-electron chi connectivity index (χ1n) is 7.59. The standard InChI is InChI=1S/C18H16N4O3/c1-25-13-7-5-12(6-8-13)10-16-20-14(11-17(23)21-16)18(24)22-15-4-2-3-9-19-15/h2-9,11H,10H2,1H3,(H,19,22,24)(H,20,21,23). The summed E-state index contributed by atoms with van der Waals surface area (Å²) in [7, 11) is 1.59. The van der Waals surface area contributed by atoms with E-state index in [9.17, 15) is 9.59 Å². The molecule has 0 aliphatic heterocycles. The summed E-state index contributed by atoms with van der Waals surface area (Å²) in [6.07, 6.45) is 1.96. The van der Waals surface area contributed by atoms with Gasteiger partial charge in [0.2, 0.25) is 0 Å². The number of amides is 1. The molecular weight excluding hydrogens is 320 g/mol. The largest absolute Gasteiger partial charge is 0.497 e. The molecular formula is C18H16N4O3. The first-order chi connectivity index (χ1) is 12.1. The third-order valence-electron chi connectivity index (χ3n) is 3.46. The lowest BCUT2D eigenvalue weighted by atomic mass is 10.1. The number of nitrogens with one attached hydrogen (secondary N) is 2. The van der Waals surface area contributed by atoms with Gasteiger partial charge >= 0.3 is 0 Å². The number of benzene rings is 1. The topological polar surface area (TPSA) is 97.0 Å². The fourth-order valence-electron chi connectivity index (χ4n) is 2.26. The molecule has 0 saturated carbocycles. The molecule has 0 saturated heterocycles. The molecule has 2 N–H and O–H groups in total. The quantitative estimate of drug-likeness (QED) is 0.743. The van der Waals surface area contributed by atoms with Gasteiger partial charge in [0.25, 0.3) is 11.5 Å². The number of carbonyl (C=O) groups is 1. The van der Waals surface area contributed by atoms with Crippen molar-refractivity contribution in [3.05, 3.63) is 82.2 Å². The molecule has 0 bridgehead atoms. The van der Waals surface area contributed by atoms with Gasteiger partial charge in [-0.15, -0.1) is 0 Å². The minimum atomic E-state index is -0.485. The maximum absolute atomic E-state index is 12.3. The Balaban J connectivity index is 1.79. The second-order valence-corrected chi connectivity index (χ2v) is 5.27. The van der Waals surface area contributed by atoms with E-state index in [1.807, 2.05) is 24.3 Å². The number of rotatable bonds is 5. The lowest BCUT2D eigenvalue weighted by molar-refractivity contribution is 0.102. The Bertz CT molecular complexity index is 921. The van der Waals surface area contributed by atoms with Crippen LogP contribution in [0.3, 0.4) is 0 Å². The first kappa shape index (κ1) is 16.4. The number of ether oxygens (including phenoxy) is 1. The molecule has 0 atom stereocenters. The van der Waals surface area contributed by atoms with Crippen molar-refractivity contribution >= 4 is 11.7 Å². The molecule has 0 spiro atoms. The van der Waals surface area contributed by atoms with Gasteiger partial charge in [-0.3, -0.25) is 9.59 Å². The van der Waals surface area contributed by atoms with Gasteiger partial charge in [-0.05, 0) is 29.8 Å². The molecule has 7 nitrogen and oxygen atoms in total. The van der Waals surface area contributed by atoms with Crippen LogP contribution in [-0.2, 0) is 6.42 Å². The molecule has 0 unspecified atom stereocenters. The molecule has 1 aromatic carbocycles. The van der Waals surface area contributed by atoms with Crippen molar-refractivity contribution in [2.24, 2.45) is 0 Å². The minimum Gasteiger partial charge on any atom is -0.497 e. The fourth-order valence-corrected chi connectivity index (χ4v) is 2.26. The summed E-state index contributed by atoms with van der Waals surface area (Å²) in [6, 6.07) is 13.7. The Morgan fingerprint density at radius 2 is 2.00 bits per heavy atom. The van der Waals surface area contributed by atoms with Gasteiger partial charge in [-0.25, -0.2) is 9.97 Å². The summed E-state index contributed by atoms with van der Waals surface area (Å²) < 4.78 is 5.11. The molecule has 2 aromatic heterocycles. The highest BCUT2D eigenvalue weighted by Gasteiger charge is 2.11. The average Bonchev–Trinajstić information content (AvgIpc) is 2.63. The van der Waals surface area contributed by atoms with Crippen molar-refractivity contribution in [2.45, 2.75) is 6.42 Å². The van der Waals surface area contributed by atoms with E-state index in [2.05, 4.69) is 20.3 Å². The van der Waals surface area contributed by atoms with Crippen molar-refractivity contribution in [2.75, 3.05) is 12.4 Å². The van der Waals surface area contributed by atoms with E-state index in [1.54, 1.807) is 31.5 Å². The van der Waals surface area contributed by atoms with Gasteiger partial charge in [0.1, 0.15) is 23.1 Å². The Morgan fingerprint density at radius 3 is 2.68 bits per heavy atom. The van der Waals surface area contributed by atoms with Crippen molar-refractivity contribution in [3.63, 3.8) is 0 Å². The van der Waals surface area contributed by atoms with E-state index < -0.39 is 5.91 Å². The van der Waals surface area contributed by atoms with Crippen LogP contribution in [0.25, 0.3) is 0 Å². The SMILES string of the molecule is COc1ccc(Cc2nc(C(=O)Nc3ccccn3)cc(=O)[nH]2)cc1. The second-order valence-electron chi connectivity index (χ2n) is 5.27. The van der Waals surface area contributed by atoms with Crippen LogP contribution in [-0.4, -0.2) is 28.0 Å². The molecule has 7 heteroatoms. The molecule has 25 heavy (non-hydrogen) atoms. The normalized spacial score (nSPS) is 10.3. The molecule has 3 aromatic rings. The Kier molecular flexibility index (Phi) is 4.84. The average molecular weight is 336 g/mol. The lowest BCUT2D eigenvalue weighted by Crippen LogP contribution is -2.20. The number of nitrogens with zero attached hydrogens (tertiary/aromatic N) is 2. The maximum atomic E-state index is 12.3. The van der Waals surface area contributed by atoms with Crippen LogP contribution in [0.5, 0.6) is 5.75 Å². The predicted octanol–water partition coefficient (Wildman–Crippen LogP) is 2.02. The van der Waals surface area contributed by atoms with E-state index in [1.165, 1.54) is 0 Å². The zero-order chi connectivity index (χ0) is 17.6. The van der Waals surface area contributed by atoms with E-state index in [0.717, 1.165) is 17.4 Å². The first-order valence-corrected chi connectivity index (χ1v) is 7.59. The van der Waals surface area contributed by atoms with Gasteiger partial charge in [0.05, 0.1) is 7.11 Å². The molecule has 2 heterocycles. The highest BCUT2D eigenvalue weighted by molar-refractivity contribution is 6.02. The van der Waals surface area contributed by atoms with Crippen LogP contribution in [0.1, 0.15) is 21.9 Å². The van der Waals surface area contributed by atoms with Gasteiger partial charge < -0.3 is 15.0 Å². The third kappa shape index (κ3) is 4.29. The van der Waals surface area contributed by atoms with E-state index >= 15 is 0 Å². The number of hydrogen-bond acceptors (Lipinski definition) is 5. The molecule has 0 fully saturated rings. The summed E-state index contributed by atoms with van der Waals surface area (Å²) in [4.78, 5) is 35.0. The number of aromatic amines is 1. The predicted molar refractivity (Wildman–Crippen MR) is 92.8 cm³/mol. The Hall–Kier alpha value is -3.48. The molecule has 0 aliphatic carbocycles. The van der Waals surface area contributed by atoms with Crippen LogP contribution in [0.2, 0.25) is 0 Å². The van der Waals surface area contributed by atoms with Crippen molar-refractivity contribution in [1.29, 1.82) is 0 Å². The molecule has 0 aliphatic rings. The summed E-state index contributed by atoms with van der Waals surface area (Å²) in [5.41, 5.74) is 0.592. The zero-order valence-electron chi connectivity index (χ0n) is 13.5. The van der Waals surface area contributed by atoms with Crippen molar-refractivity contribution in [1.82, 2.24) is 15.0 Å². The Morgan fingerprint density at radius 1 is 1.20 bits per heavy atom.